The topological polar surface area (TPSA) is 73.2 Å². The number of aryl methyl sites for hydroxylation is 1. The van der Waals surface area contributed by atoms with E-state index >= 15 is 0 Å². The van der Waals surface area contributed by atoms with Gasteiger partial charge >= 0.3 is 0 Å². The van der Waals surface area contributed by atoms with Gasteiger partial charge in [-0.1, -0.05) is 113 Å². The number of carbonyl (C=O) groups is 1. The fourth-order valence-corrected chi connectivity index (χ4v) is 3.39. The summed E-state index contributed by atoms with van der Waals surface area (Å²) < 4.78 is 5.59. The van der Waals surface area contributed by atoms with E-state index in [-0.39, 0.29) is 5.91 Å². The molecule has 1 aliphatic carbocycles. The maximum Gasteiger partial charge on any atom is 0.226 e. The SMILES string of the molecule is C/C(CC(=O)N(C)C)=C(\C)Cc1cccc(C)c1.C=C/C(=C\C)OC1=CC=C(C)CC=C1.CC.CCCC.CCCN(C)C.CO.CO. The van der Waals surface area contributed by atoms with Crippen LogP contribution in [0.4, 0.5) is 0 Å². The third-order valence-electron chi connectivity index (χ3n) is 6.34. The number of allylic oxidation sites excluding steroid dienone is 8. The van der Waals surface area contributed by atoms with Gasteiger partial charge in [-0.15, -0.1) is 0 Å². The van der Waals surface area contributed by atoms with Crippen molar-refractivity contribution < 1.29 is 19.7 Å². The number of hydrogen-bond acceptors (Lipinski definition) is 5. The van der Waals surface area contributed by atoms with Crippen molar-refractivity contribution in [2.24, 2.45) is 0 Å². The number of nitrogens with zero attached hydrogens (tertiary/aromatic N) is 2. The maximum absolute atomic E-state index is 11.7. The van der Waals surface area contributed by atoms with Gasteiger partial charge in [-0.25, -0.2) is 0 Å². The van der Waals surface area contributed by atoms with E-state index in [1.54, 1.807) is 25.1 Å². The van der Waals surface area contributed by atoms with Crippen molar-refractivity contribution in [3.05, 3.63) is 107 Å². The number of hydrogen-bond donors (Lipinski definition) is 2. The molecule has 0 unspecified atom stereocenters. The van der Waals surface area contributed by atoms with Crippen LogP contribution < -0.4 is 0 Å². The first kappa shape index (κ1) is 54.3. The molecule has 0 saturated heterocycles. The summed E-state index contributed by atoms with van der Waals surface area (Å²) >= 11 is 0. The fraction of sp³-hybridized carbons (Fsp3) is 0.548. The van der Waals surface area contributed by atoms with Crippen LogP contribution in [-0.4, -0.2) is 74.9 Å². The molecule has 48 heavy (non-hydrogen) atoms. The number of aliphatic hydroxyl groups is 2. The number of rotatable bonds is 10. The van der Waals surface area contributed by atoms with E-state index in [1.165, 1.54) is 53.7 Å². The van der Waals surface area contributed by atoms with Crippen molar-refractivity contribution >= 4 is 5.91 Å². The van der Waals surface area contributed by atoms with Crippen molar-refractivity contribution in [3.63, 3.8) is 0 Å². The lowest BCUT2D eigenvalue weighted by atomic mass is 9.99. The van der Waals surface area contributed by atoms with Crippen molar-refractivity contribution in [1.29, 1.82) is 0 Å². The van der Waals surface area contributed by atoms with E-state index in [4.69, 9.17) is 14.9 Å². The first-order valence-corrected chi connectivity index (χ1v) is 17.3. The van der Waals surface area contributed by atoms with Crippen LogP contribution in [-0.2, 0) is 16.0 Å². The summed E-state index contributed by atoms with van der Waals surface area (Å²) in [5.41, 5.74) is 6.39. The summed E-state index contributed by atoms with van der Waals surface area (Å²) in [5.74, 6) is 1.81. The molecule has 6 nitrogen and oxygen atoms in total. The van der Waals surface area contributed by atoms with Gasteiger partial charge in [0.25, 0.3) is 0 Å². The Balaban J connectivity index is -0.000000181. The van der Waals surface area contributed by atoms with Crippen molar-refractivity contribution in [2.45, 2.75) is 108 Å². The van der Waals surface area contributed by atoms with Crippen LogP contribution in [0.1, 0.15) is 106 Å². The summed E-state index contributed by atoms with van der Waals surface area (Å²) in [6.07, 6.45) is 18.1. The van der Waals surface area contributed by atoms with Gasteiger partial charge in [-0.2, -0.15) is 0 Å². The van der Waals surface area contributed by atoms with E-state index in [2.05, 4.69) is 104 Å². The zero-order valence-electron chi connectivity index (χ0n) is 34.0. The lowest BCUT2D eigenvalue weighted by molar-refractivity contribution is -0.127. The normalized spacial score (nSPS) is 11.7. The first-order valence-electron chi connectivity index (χ1n) is 17.3. The molecule has 1 aromatic carbocycles. The second-order valence-electron chi connectivity index (χ2n) is 11.2. The molecule has 0 aromatic heterocycles. The number of ether oxygens (including phenoxy) is 1. The first-order chi connectivity index (χ1) is 22.8. The molecule has 6 heteroatoms. The van der Waals surface area contributed by atoms with Crippen molar-refractivity contribution in [2.75, 3.05) is 49.0 Å². The van der Waals surface area contributed by atoms with Crippen LogP contribution in [0.5, 0.6) is 0 Å². The molecule has 0 bridgehead atoms. The Morgan fingerprint density at radius 3 is 1.88 bits per heavy atom. The Bertz CT molecular complexity index is 1060. The highest BCUT2D eigenvalue weighted by molar-refractivity contribution is 5.78. The number of unbranched alkanes of at least 4 members (excludes halogenated alkanes) is 1. The van der Waals surface area contributed by atoms with E-state index < -0.39 is 0 Å². The highest BCUT2D eigenvalue weighted by Crippen LogP contribution is 2.16. The smallest absolute Gasteiger partial charge is 0.226 e. The molecule has 1 amide bonds. The predicted molar refractivity (Wildman–Crippen MR) is 214 cm³/mol. The van der Waals surface area contributed by atoms with Crippen LogP contribution in [0.2, 0.25) is 0 Å². The van der Waals surface area contributed by atoms with Crippen molar-refractivity contribution in [3.8, 4) is 0 Å². The highest BCUT2D eigenvalue weighted by atomic mass is 16.5. The Hall–Kier alpha value is -3.19. The molecular formula is C42H76N2O4. The largest absolute Gasteiger partial charge is 0.458 e. The van der Waals surface area contributed by atoms with E-state index in [0.29, 0.717) is 6.42 Å². The predicted octanol–water partition coefficient (Wildman–Crippen LogP) is 10.2. The Kier molecular flexibility index (Phi) is 45.2. The molecule has 1 aliphatic rings. The van der Waals surface area contributed by atoms with Gasteiger partial charge in [-0.3, -0.25) is 4.79 Å². The molecule has 2 N–H and O–H groups in total. The van der Waals surface area contributed by atoms with Gasteiger partial charge in [0.1, 0.15) is 11.5 Å². The van der Waals surface area contributed by atoms with Crippen molar-refractivity contribution in [1.82, 2.24) is 9.80 Å². The van der Waals surface area contributed by atoms with Gasteiger partial charge < -0.3 is 24.7 Å². The van der Waals surface area contributed by atoms with Crippen LogP contribution in [0.3, 0.4) is 0 Å². The zero-order chi connectivity index (χ0) is 38.5. The third-order valence-corrected chi connectivity index (χ3v) is 6.34. The van der Waals surface area contributed by atoms with Crippen LogP contribution >= 0.6 is 0 Å². The minimum absolute atomic E-state index is 0.163. The van der Waals surface area contributed by atoms with Gasteiger partial charge in [0.2, 0.25) is 5.91 Å². The molecule has 0 heterocycles. The Morgan fingerprint density at radius 1 is 0.917 bits per heavy atom. The lowest BCUT2D eigenvalue weighted by Gasteiger charge is -2.12. The molecule has 0 atom stereocenters. The molecule has 0 radical (unpaired) electrons. The lowest BCUT2D eigenvalue weighted by Crippen LogP contribution is -2.21. The summed E-state index contributed by atoms with van der Waals surface area (Å²) in [5, 5.41) is 14.0. The summed E-state index contributed by atoms with van der Waals surface area (Å²) in [6.45, 7) is 25.7. The van der Waals surface area contributed by atoms with Crippen LogP contribution in [0, 0.1) is 6.92 Å². The van der Waals surface area contributed by atoms with Gasteiger partial charge in [-0.05, 0) is 104 Å². The number of carbonyl (C=O) groups excluding carboxylic acids is 1. The zero-order valence-corrected chi connectivity index (χ0v) is 34.0. The monoisotopic (exact) mass is 673 g/mol. The number of benzene rings is 1. The maximum atomic E-state index is 11.7. The van der Waals surface area contributed by atoms with E-state index in [1.807, 2.05) is 45.9 Å². The standard InChI is InChI=1S/C16H23NO.C13H16O.C5H13N.C4H10.C2H6.2CH4O/c1-12-7-6-8-15(9-12)10-13(2)14(3)11-16(18)17(4)5;1-4-12(5-2)14-13-8-6-7-11(3)9-10-13;1-4-5-6(2)3;1-3-4-2;3*1-2/h6-9H,10-11H2,1-5H3;4-6,8-10H,1,7H2,2-3H3;4-5H2,1-3H3;3-4H2,1-2H3;1-2H3;2*2H,1H3/b14-13-;12-5+;;;;;. The molecule has 278 valence electrons. The molecule has 0 spiro atoms. The fourth-order valence-electron chi connectivity index (χ4n) is 3.39. The summed E-state index contributed by atoms with van der Waals surface area (Å²) in [6, 6.07) is 8.52. The molecule has 0 aliphatic heterocycles. The van der Waals surface area contributed by atoms with Crippen LogP contribution in [0.15, 0.2) is 95.5 Å². The second-order valence-corrected chi connectivity index (χ2v) is 11.2. The van der Waals surface area contributed by atoms with E-state index in [9.17, 15) is 4.79 Å². The molecular weight excluding hydrogens is 596 g/mol. The van der Waals surface area contributed by atoms with Gasteiger partial charge in [0.05, 0.1) is 0 Å². The van der Waals surface area contributed by atoms with E-state index in [0.717, 1.165) is 38.6 Å². The highest BCUT2D eigenvalue weighted by Gasteiger charge is 2.07. The quantitative estimate of drug-likeness (QED) is 0.147. The van der Waals surface area contributed by atoms with Gasteiger partial charge in [0, 0.05) is 34.7 Å². The minimum atomic E-state index is 0.163. The summed E-state index contributed by atoms with van der Waals surface area (Å²) in [4.78, 5) is 15.5. The average molecular weight is 673 g/mol. The minimum Gasteiger partial charge on any atom is -0.458 e. The Morgan fingerprint density at radius 2 is 1.48 bits per heavy atom. The Labute approximate surface area is 298 Å². The third kappa shape index (κ3) is 35.7. The number of aliphatic hydroxyl groups excluding tert-OH is 2. The summed E-state index contributed by atoms with van der Waals surface area (Å²) in [7, 11) is 9.77. The molecule has 1 aromatic rings. The molecule has 0 fully saturated rings. The van der Waals surface area contributed by atoms with Gasteiger partial charge in [0.15, 0.2) is 0 Å². The van der Waals surface area contributed by atoms with Crippen LogP contribution in [0.25, 0.3) is 0 Å². The number of amides is 1. The average Bonchev–Trinajstić information content (AvgIpc) is 3.30. The molecule has 0 saturated carbocycles. The second kappa shape index (κ2) is 40.0. The molecule has 2 rings (SSSR count).